The van der Waals surface area contributed by atoms with Crippen LogP contribution in [0, 0.1) is 17.8 Å². The Morgan fingerprint density at radius 3 is 2.63 bits per heavy atom. The topological polar surface area (TPSA) is 58.6 Å². The Kier molecular flexibility index (Phi) is 5.95. The predicted molar refractivity (Wildman–Crippen MR) is 117 cm³/mol. The van der Waals surface area contributed by atoms with Crippen LogP contribution in [0.15, 0.2) is 72.8 Å². The summed E-state index contributed by atoms with van der Waals surface area (Å²) in [7, 11) is 0. The third-order valence-corrected chi connectivity index (χ3v) is 5.09. The van der Waals surface area contributed by atoms with Crippen LogP contribution in [0.3, 0.4) is 0 Å². The lowest BCUT2D eigenvalue weighted by atomic mass is 10.1. The molecule has 1 aliphatic rings. The third-order valence-electron chi connectivity index (χ3n) is 5.09. The molecule has 1 atom stereocenters. The first-order valence-corrected chi connectivity index (χ1v) is 9.92. The van der Waals surface area contributed by atoms with Crippen molar-refractivity contribution < 1.29 is 14.3 Å². The van der Waals surface area contributed by atoms with E-state index >= 15 is 0 Å². The molecule has 1 saturated heterocycles. The van der Waals surface area contributed by atoms with Crippen LogP contribution in [0.5, 0.6) is 5.75 Å². The lowest BCUT2D eigenvalue weighted by Gasteiger charge is -2.16. The monoisotopic (exact) mass is 398 g/mol. The summed E-state index contributed by atoms with van der Waals surface area (Å²) in [5, 5.41) is 4.96. The Morgan fingerprint density at radius 2 is 1.77 bits per heavy atom. The average molecular weight is 398 g/mol. The highest BCUT2D eigenvalue weighted by Gasteiger charge is 2.34. The molecule has 5 heteroatoms. The SMILES string of the molecule is O=C(NCC#CCOc1cccc2ccccc12)C1CC(=O)N(c2ccccc2)C1. The number of ether oxygens (including phenoxy) is 1. The van der Waals surface area contributed by atoms with Crippen LogP contribution in [0.25, 0.3) is 10.8 Å². The molecular formula is C25H22N2O3. The van der Waals surface area contributed by atoms with Gasteiger partial charge in [-0.3, -0.25) is 9.59 Å². The fourth-order valence-electron chi connectivity index (χ4n) is 3.57. The second-order valence-electron chi connectivity index (χ2n) is 7.08. The minimum absolute atomic E-state index is 0.0316. The highest BCUT2D eigenvalue weighted by Crippen LogP contribution is 2.25. The highest BCUT2D eigenvalue weighted by molar-refractivity contribution is 6.00. The summed E-state index contributed by atoms with van der Waals surface area (Å²) in [5.41, 5.74) is 0.822. The molecular weight excluding hydrogens is 376 g/mol. The number of fused-ring (bicyclic) bond motifs is 1. The zero-order valence-corrected chi connectivity index (χ0v) is 16.5. The van der Waals surface area contributed by atoms with E-state index in [-0.39, 0.29) is 37.3 Å². The molecule has 30 heavy (non-hydrogen) atoms. The van der Waals surface area contributed by atoms with Crippen LogP contribution in [0.1, 0.15) is 6.42 Å². The summed E-state index contributed by atoms with van der Waals surface area (Å²) < 4.78 is 5.77. The molecule has 0 radical (unpaired) electrons. The van der Waals surface area contributed by atoms with Crippen molar-refractivity contribution in [2.45, 2.75) is 6.42 Å². The second-order valence-corrected chi connectivity index (χ2v) is 7.08. The van der Waals surface area contributed by atoms with Crippen molar-refractivity contribution in [3.05, 3.63) is 72.8 Å². The van der Waals surface area contributed by atoms with Crippen molar-refractivity contribution in [3.8, 4) is 17.6 Å². The smallest absolute Gasteiger partial charge is 0.227 e. The van der Waals surface area contributed by atoms with Crippen molar-refractivity contribution in [2.24, 2.45) is 5.92 Å². The van der Waals surface area contributed by atoms with Gasteiger partial charge in [-0.15, -0.1) is 0 Å². The number of carbonyl (C=O) groups is 2. The van der Waals surface area contributed by atoms with Crippen LogP contribution in [-0.4, -0.2) is 31.5 Å². The molecule has 0 aromatic heterocycles. The van der Waals surface area contributed by atoms with Gasteiger partial charge in [0.05, 0.1) is 12.5 Å². The molecule has 0 bridgehead atoms. The summed E-state index contributed by atoms with van der Waals surface area (Å²) >= 11 is 0. The number of hydrogen-bond donors (Lipinski definition) is 1. The number of para-hydroxylation sites is 1. The predicted octanol–water partition coefficient (Wildman–Crippen LogP) is 3.39. The minimum Gasteiger partial charge on any atom is -0.480 e. The Balaban J connectivity index is 1.25. The van der Waals surface area contributed by atoms with Crippen molar-refractivity contribution in [3.63, 3.8) is 0 Å². The largest absolute Gasteiger partial charge is 0.480 e. The van der Waals surface area contributed by atoms with Crippen LogP contribution < -0.4 is 15.0 Å². The van der Waals surface area contributed by atoms with E-state index in [1.807, 2.05) is 72.8 Å². The Morgan fingerprint density at radius 1 is 1.00 bits per heavy atom. The van der Waals surface area contributed by atoms with Crippen LogP contribution in [-0.2, 0) is 9.59 Å². The Labute approximate surface area is 175 Å². The van der Waals surface area contributed by atoms with Crippen molar-refractivity contribution in [2.75, 3.05) is 24.6 Å². The number of carbonyl (C=O) groups excluding carboxylic acids is 2. The number of benzene rings is 3. The van der Waals surface area contributed by atoms with E-state index < -0.39 is 0 Å². The molecule has 3 aromatic carbocycles. The van der Waals surface area contributed by atoms with E-state index in [0.717, 1.165) is 22.2 Å². The van der Waals surface area contributed by atoms with Gasteiger partial charge in [0.2, 0.25) is 11.8 Å². The summed E-state index contributed by atoms with van der Waals surface area (Å²) in [6.07, 6.45) is 0.221. The Hall–Kier alpha value is -3.78. The van der Waals surface area contributed by atoms with Gasteiger partial charge in [-0.05, 0) is 23.6 Å². The molecule has 150 valence electrons. The van der Waals surface area contributed by atoms with Gasteiger partial charge in [0.15, 0.2) is 0 Å². The Bertz CT molecular complexity index is 1110. The van der Waals surface area contributed by atoms with Crippen molar-refractivity contribution in [1.29, 1.82) is 0 Å². The number of rotatable bonds is 5. The quantitative estimate of drug-likeness (QED) is 0.671. The maximum absolute atomic E-state index is 12.4. The average Bonchev–Trinajstić information content (AvgIpc) is 3.18. The molecule has 5 nitrogen and oxygen atoms in total. The second kappa shape index (κ2) is 9.15. The zero-order chi connectivity index (χ0) is 20.8. The lowest BCUT2D eigenvalue weighted by molar-refractivity contribution is -0.126. The van der Waals surface area contributed by atoms with Gasteiger partial charge in [-0.2, -0.15) is 0 Å². The standard InChI is InChI=1S/C25H22N2O3/c28-24-17-20(18-27(24)21-11-2-1-3-12-21)25(29)26-15-6-7-16-30-23-14-8-10-19-9-4-5-13-22(19)23/h1-5,8-14,20H,15-18H2,(H,26,29). The van der Waals surface area contributed by atoms with Crippen LogP contribution in [0.4, 0.5) is 5.69 Å². The fourth-order valence-corrected chi connectivity index (χ4v) is 3.57. The van der Waals surface area contributed by atoms with Gasteiger partial charge in [-0.25, -0.2) is 0 Å². The van der Waals surface area contributed by atoms with E-state index in [2.05, 4.69) is 17.2 Å². The summed E-state index contributed by atoms with van der Waals surface area (Å²) in [5.74, 6) is 6.09. The number of anilines is 1. The molecule has 1 fully saturated rings. The summed E-state index contributed by atoms with van der Waals surface area (Å²) in [6, 6.07) is 23.3. The van der Waals surface area contributed by atoms with Gasteiger partial charge in [-0.1, -0.05) is 66.4 Å². The maximum Gasteiger partial charge on any atom is 0.227 e. The molecule has 3 aromatic rings. The van der Waals surface area contributed by atoms with E-state index in [1.54, 1.807) is 4.90 Å². The number of hydrogen-bond acceptors (Lipinski definition) is 3. The number of nitrogens with one attached hydrogen (secondary N) is 1. The van der Waals surface area contributed by atoms with Crippen molar-refractivity contribution in [1.82, 2.24) is 5.32 Å². The number of amides is 2. The van der Waals surface area contributed by atoms with Gasteiger partial charge >= 0.3 is 0 Å². The minimum atomic E-state index is -0.355. The molecule has 0 aliphatic carbocycles. The normalized spacial score (nSPS) is 15.5. The van der Waals surface area contributed by atoms with Crippen LogP contribution >= 0.6 is 0 Å². The fraction of sp³-hybridized carbons (Fsp3) is 0.200. The molecule has 1 heterocycles. The van der Waals surface area contributed by atoms with Gasteiger partial charge in [0.25, 0.3) is 0 Å². The summed E-state index contributed by atoms with van der Waals surface area (Å²) in [6.45, 7) is 0.869. The molecule has 1 N–H and O–H groups in total. The van der Waals surface area contributed by atoms with Gasteiger partial charge in [0.1, 0.15) is 12.4 Å². The first-order chi connectivity index (χ1) is 14.7. The molecule has 1 unspecified atom stereocenters. The maximum atomic E-state index is 12.4. The highest BCUT2D eigenvalue weighted by atomic mass is 16.5. The molecule has 1 aliphatic heterocycles. The molecule has 2 amide bonds. The lowest BCUT2D eigenvalue weighted by Crippen LogP contribution is -2.33. The molecule has 0 saturated carbocycles. The van der Waals surface area contributed by atoms with E-state index in [1.165, 1.54) is 0 Å². The first kappa shape index (κ1) is 19.5. The van der Waals surface area contributed by atoms with Crippen LogP contribution in [0.2, 0.25) is 0 Å². The number of nitrogens with zero attached hydrogens (tertiary/aromatic N) is 1. The zero-order valence-electron chi connectivity index (χ0n) is 16.5. The van der Waals surface area contributed by atoms with Gasteiger partial charge in [0, 0.05) is 24.0 Å². The summed E-state index contributed by atoms with van der Waals surface area (Å²) in [4.78, 5) is 26.3. The first-order valence-electron chi connectivity index (χ1n) is 9.92. The molecule has 0 spiro atoms. The van der Waals surface area contributed by atoms with E-state index in [0.29, 0.717) is 6.54 Å². The van der Waals surface area contributed by atoms with E-state index in [9.17, 15) is 9.59 Å². The van der Waals surface area contributed by atoms with Crippen molar-refractivity contribution >= 4 is 28.3 Å². The van der Waals surface area contributed by atoms with Gasteiger partial charge < -0.3 is 15.0 Å². The molecule has 4 rings (SSSR count). The third kappa shape index (κ3) is 4.44. The van der Waals surface area contributed by atoms with E-state index in [4.69, 9.17) is 4.74 Å².